The van der Waals surface area contributed by atoms with Gasteiger partial charge in [0.15, 0.2) is 0 Å². The van der Waals surface area contributed by atoms with Crippen molar-refractivity contribution in [3.63, 3.8) is 0 Å². The predicted octanol–water partition coefficient (Wildman–Crippen LogP) is 3.94. The van der Waals surface area contributed by atoms with Crippen LogP contribution in [0.4, 0.5) is 0 Å². The third-order valence-electron chi connectivity index (χ3n) is 7.45. The number of carbonyl (C=O) groups excluding carboxylic acids is 1. The molecule has 0 radical (unpaired) electrons. The summed E-state index contributed by atoms with van der Waals surface area (Å²) in [6.07, 6.45) is 4.53. The van der Waals surface area contributed by atoms with Crippen molar-refractivity contribution in [2.24, 2.45) is 0 Å². The van der Waals surface area contributed by atoms with E-state index in [4.69, 9.17) is 37.2 Å². The fourth-order valence-electron chi connectivity index (χ4n) is 5.10. The first kappa shape index (κ1) is 34.4. The van der Waals surface area contributed by atoms with Crippen molar-refractivity contribution in [3.8, 4) is 45.4 Å². The number of methoxy groups -OCH3 is 2. The largest absolute Gasteiger partial charge is 0.480 e. The van der Waals surface area contributed by atoms with E-state index in [2.05, 4.69) is 35.9 Å². The van der Waals surface area contributed by atoms with Crippen LogP contribution >= 0.6 is 23.2 Å². The Morgan fingerprint density at radius 1 is 0.872 bits per heavy atom. The number of halogens is 2. The first-order valence-corrected chi connectivity index (χ1v) is 17.0. The van der Waals surface area contributed by atoms with Gasteiger partial charge in [0.2, 0.25) is 17.7 Å². The number of nitrogens with zero attached hydrogens (tertiary/aromatic N) is 4. The molecule has 1 atom stereocenters. The van der Waals surface area contributed by atoms with Gasteiger partial charge < -0.3 is 25.4 Å². The van der Waals surface area contributed by atoms with Crippen molar-refractivity contribution in [3.05, 3.63) is 70.2 Å². The highest BCUT2D eigenvalue weighted by molar-refractivity contribution is 7.85. The summed E-state index contributed by atoms with van der Waals surface area (Å²) in [6.45, 7) is 1.23. The molecule has 1 saturated heterocycles. The maximum absolute atomic E-state index is 11.5. The van der Waals surface area contributed by atoms with Crippen LogP contribution in [-0.4, -0.2) is 77.9 Å². The fraction of sp³-hybridized carbons (Fsp3) is 0.323. The van der Waals surface area contributed by atoms with Gasteiger partial charge in [0.1, 0.15) is 11.4 Å². The number of hydrogen-bond acceptors (Lipinski definition) is 11. The molecule has 47 heavy (non-hydrogen) atoms. The molecule has 1 aliphatic heterocycles. The van der Waals surface area contributed by atoms with Gasteiger partial charge in [-0.15, -0.1) is 0 Å². The quantitative estimate of drug-likeness (QED) is 0.110. The summed E-state index contributed by atoms with van der Waals surface area (Å²) in [5.74, 6) is 0.229. The Morgan fingerprint density at radius 2 is 1.38 bits per heavy atom. The minimum atomic E-state index is -4.08. The zero-order valence-corrected chi connectivity index (χ0v) is 27.9. The smallest absolute Gasteiger partial charge is 0.266 e. The number of amides is 1. The first-order chi connectivity index (χ1) is 22.6. The molecule has 1 amide bonds. The molecule has 0 aliphatic carbocycles. The topological polar surface area (TPSA) is 178 Å². The van der Waals surface area contributed by atoms with Crippen LogP contribution in [0.15, 0.2) is 48.8 Å². The monoisotopic (exact) mass is 701 g/mol. The molecule has 0 bridgehead atoms. The number of rotatable bonds is 14. The summed E-state index contributed by atoms with van der Waals surface area (Å²) in [5.41, 5.74) is 4.61. The van der Waals surface area contributed by atoms with Crippen LogP contribution in [0.1, 0.15) is 24.2 Å². The predicted molar refractivity (Wildman–Crippen MR) is 178 cm³/mol. The van der Waals surface area contributed by atoms with Crippen molar-refractivity contribution >= 4 is 39.2 Å². The first-order valence-electron chi connectivity index (χ1n) is 14.6. The lowest BCUT2D eigenvalue weighted by atomic mass is 9.98. The van der Waals surface area contributed by atoms with E-state index < -0.39 is 15.9 Å². The van der Waals surface area contributed by atoms with Gasteiger partial charge in [0.25, 0.3) is 10.1 Å². The molecule has 0 saturated carbocycles. The molecule has 0 unspecified atom stereocenters. The van der Waals surface area contributed by atoms with Crippen LogP contribution in [0.3, 0.4) is 0 Å². The van der Waals surface area contributed by atoms with E-state index in [0.29, 0.717) is 80.5 Å². The maximum Gasteiger partial charge on any atom is 0.266 e. The van der Waals surface area contributed by atoms with E-state index in [0.717, 1.165) is 6.42 Å². The van der Waals surface area contributed by atoms with E-state index in [1.807, 2.05) is 30.3 Å². The molecule has 4 aromatic rings. The average molecular weight is 703 g/mol. The number of benzene rings is 2. The van der Waals surface area contributed by atoms with Crippen LogP contribution in [0.25, 0.3) is 33.6 Å². The van der Waals surface area contributed by atoms with E-state index in [1.165, 1.54) is 14.2 Å². The van der Waals surface area contributed by atoms with Gasteiger partial charge in [-0.3, -0.25) is 19.3 Å². The average Bonchev–Trinajstić information content (AvgIpc) is 3.48. The molecule has 1 aliphatic rings. The van der Waals surface area contributed by atoms with Crippen LogP contribution in [0.5, 0.6) is 11.8 Å². The van der Waals surface area contributed by atoms with Crippen molar-refractivity contribution < 1.29 is 27.2 Å². The molecule has 248 valence electrons. The molecule has 13 nitrogen and oxygen atoms in total. The summed E-state index contributed by atoms with van der Waals surface area (Å²) >= 11 is 13.9. The molecule has 1 fully saturated rings. The second-order valence-electron chi connectivity index (χ2n) is 10.7. The zero-order valence-electron chi connectivity index (χ0n) is 25.6. The van der Waals surface area contributed by atoms with Crippen molar-refractivity contribution in [2.75, 3.05) is 33.1 Å². The minimum absolute atomic E-state index is 0.0290. The highest BCUT2D eigenvalue weighted by Crippen LogP contribution is 2.42. The number of nitrogens with one attached hydrogen (secondary N) is 3. The lowest BCUT2D eigenvalue weighted by Gasteiger charge is -2.15. The summed E-state index contributed by atoms with van der Waals surface area (Å²) < 4.78 is 41.9. The Kier molecular flexibility index (Phi) is 11.2. The maximum atomic E-state index is 11.5. The van der Waals surface area contributed by atoms with Gasteiger partial charge >= 0.3 is 0 Å². The molecule has 16 heteroatoms. The Morgan fingerprint density at radius 3 is 1.85 bits per heavy atom. The van der Waals surface area contributed by atoms with E-state index in [-0.39, 0.29) is 30.9 Å². The number of ether oxygens (including phenoxy) is 2. The molecule has 2 aromatic heterocycles. The van der Waals surface area contributed by atoms with Gasteiger partial charge in [-0.2, -0.15) is 8.42 Å². The Labute approximate surface area is 282 Å². The van der Waals surface area contributed by atoms with E-state index >= 15 is 0 Å². The highest BCUT2D eigenvalue weighted by Gasteiger charge is 2.21. The second kappa shape index (κ2) is 15.3. The summed E-state index contributed by atoms with van der Waals surface area (Å²) in [6, 6.07) is 11.1. The van der Waals surface area contributed by atoms with Gasteiger partial charge in [-0.25, -0.2) is 9.97 Å². The Bertz CT molecular complexity index is 1880. The lowest BCUT2D eigenvalue weighted by molar-refractivity contribution is -0.119. The standard InChI is InChI=1S/C31H33Cl2N7O6S/c1-45-30-25(14-34-11-12-47(42,43)44)36-16-23(39-30)21-7-3-5-19(28(21)32)20-6-4-8-22(29(20)33)24-17-37-26(31(40-24)46-2)15-35-13-18-9-10-27(41)38-18/h3-8,16-18,34-35H,9-15H2,1-2H3,(H,38,41)(H,42,43,44)/t18-/m0/s1. The molecular weight excluding hydrogens is 669 g/mol. The Hall–Kier alpha value is -3.92. The minimum Gasteiger partial charge on any atom is -0.480 e. The van der Waals surface area contributed by atoms with Gasteiger partial charge in [-0.05, 0) is 6.42 Å². The lowest BCUT2D eigenvalue weighted by Crippen LogP contribution is -2.35. The fourth-order valence-corrected chi connectivity index (χ4v) is 6.15. The third-order valence-corrected chi connectivity index (χ3v) is 8.98. The van der Waals surface area contributed by atoms with Crippen molar-refractivity contribution in [2.45, 2.75) is 32.0 Å². The molecule has 0 spiro atoms. The molecule has 5 rings (SSSR count). The summed E-state index contributed by atoms with van der Waals surface area (Å²) in [4.78, 5) is 29.8. The van der Waals surface area contributed by atoms with Crippen molar-refractivity contribution in [1.82, 2.24) is 35.9 Å². The number of hydrogen-bond donors (Lipinski definition) is 4. The number of aromatic nitrogens is 4. The van der Waals surface area contributed by atoms with E-state index in [1.54, 1.807) is 18.5 Å². The van der Waals surface area contributed by atoms with Crippen molar-refractivity contribution in [1.29, 1.82) is 0 Å². The van der Waals surface area contributed by atoms with Crippen LogP contribution < -0.4 is 25.4 Å². The normalized spacial score (nSPS) is 14.7. The molecular formula is C31H33Cl2N7O6S. The van der Waals surface area contributed by atoms with Gasteiger partial charge in [0.05, 0.1) is 53.8 Å². The summed E-state index contributed by atoms with van der Waals surface area (Å²) in [5, 5.41) is 9.94. The second-order valence-corrected chi connectivity index (χ2v) is 13.0. The molecule has 4 N–H and O–H groups in total. The van der Waals surface area contributed by atoms with E-state index in [9.17, 15) is 13.2 Å². The van der Waals surface area contributed by atoms with Crippen LogP contribution in [-0.2, 0) is 28.0 Å². The Balaban J connectivity index is 1.37. The molecule has 2 aromatic carbocycles. The molecule has 3 heterocycles. The number of carbonyl (C=O) groups is 1. The highest BCUT2D eigenvalue weighted by atomic mass is 35.5. The SMILES string of the molecule is COc1nc(-c2cccc(-c3cccc(-c4cnc(CNC[C@@H]5CCC(=O)N5)c(OC)n4)c3Cl)c2Cl)cnc1CNCCS(=O)(=O)O. The van der Waals surface area contributed by atoms with Gasteiger partial charge in [0, 0.05) is 60.9 Å². The van der Waals surface area contributed by atoms with Crippen LogP contribution in [0.2, 0.25) is 10.0 Å². The van der Waals surface area contributed by atoms with Crippen LogP contribution in [0, 0.1) is 0 Å². The zero-order chi connectivity index (χ0) is 33.6. The van der Waals surface area contributed by atoms with Gasteiger partial charge in [-0.1, -0.05) is 59.6 Å². The third kappa shape index (κ3) is 8.52. The summed E-state index contributed by atoms with van der Waals surface area (Å²) in [7, 11) is -1.10.